The van der Waals surface area contributed by atoms with Crippen LogP contribution in [0.2, 0.25) is 0 Å². The summed E-state index contributed by atoms with van der Waals surface area (Å²) < 4.78 is 0. The van der Waals surface area contributed by atoms with Gasteiger partial charge in [-0.3, -0.25) is 0 Å². The van der Waals surface area contributed by atoms with Crippen molar-refractivity contribution in [3.05, 3.63) is 234 Å². The summed E-state index contributed by atoms with van der Waals surface area (Å²) in [5.74, 6) is 0. The molecule has 0 spiro atoms. The molecule has 0 unspecified atom stereocenters. The normalized spacial score (nSPS) is 13.7. The van der Waals surface area contributed by atoms with E-state index in [2.05, 4.69) is 247 Å². The van der Waals surface area contributed by atoms with Gasteiger partial charge in [-0.2, -0.15) is 0 Å². The molecule has 11 aromatic carbocycles. The number of benzene rings is 11. The lowest BCUT2D eigenvalue weighted by Gasteiger charge is -2.35. The van der Waals surface area contributed by atoms with E-state index in [1.165, 1.54) is 228 Å². The summed E-state index contributed by atoms with van der Waals surface area (Å²) in [6, 6.07) is 78.5. The maximum absolute atomic E-state index is 2.70. The molecule has 0 radical (unpaired) electrons. The van der Waals surface area contributed by atoms with E-state index in [1.54, 1.807) is 0 Å². The Kier molecular flexibility index (Phi) is 15.2. The molecule has 416 valence electrons. The first kappa shape index (κ1) is 54.5. The Morgan fingerprint density at radius 3 is 1.28 bits per heavy atom. The highest BCUT2D eigenvalue weighted by molar-refractivity contribution is 6.23. The fourth-order valence-corrected chi connectivity index (χ4v) is 15.9. The zero-order valence-corrected chi connectivity index (χ0v) is 50.3. The predicted octanol–water partition coefficient (Wildman–Crippen LogP) is 24.6. The third-order valence-electron chi connectivity index (χ3n) is 19.9. The Morgan fingerprint density at radius 1 is 0.289 bits per heavy atom. The first-order valence-electron chi connectivity index (χ1n) is 32.1. The lowest BCUT2D eigenvalue weighted by Crippen LogP contribution is -2.26. The van der Waals surface area contributed by atoms with Crippen molar-refractivity contribution in [3.8, 4) is 44.5 Å². The molecule has 0 saturated carbocycles. The molecule has 2 aliphatic carbocycles. The van der Waals surface area contributed by atoms with Crippen LogP contribution in [0.1, 0.15) is 164 Å². The molecule has 11 aromatic rings. The van der Waals surface area contributed by atoms with Crippen molar-refractivity contribution < 1.29 is 0 Å². The van der Waals surface area contributed by atoms with Crippen LogP contribution < -0.4 is 4.90 Å². The van der Waals surface area contributed by atoms with E-state index < -0.39 is 0 Å². The van der Waals surface area contributed by atoms with Crippen LogP contribution in [0, 0.1) is 13.8 Å². The van der Waals surface area contributed by atoms with Gasteiger partial charge in [0.25, 0.3) is 0 Å². The monoisotopic (exact) mass is 1080 g/mol. The quantitative estimate of drug-likeness (QED) is 0.0512. The molecule has 0 fully saturated rings. The summed E-state index contributed by atoms with van der Waals surface area (Å²) in [5, 5.41) is 10.5. The maximum atomic E-state index is 2.70. The molecule has 83 heavy (non-hydrogen) atoms. The highest BCUT2D eigenvalue weighted by atomic mass is 15.1. The van der Waals surface area contributed by atoms with Crippen LogP contribution in [0.4, 0.5) is 17.1 Å². The number of aryl methyl sites for hydroxylation is 2. The first-order valence-corrected chi connectivity index (χ1v) is 32.1. The molecule has 2 aliphatic rings. The summed E-state index contributed by atoms with van der Waals surface area (Å²) >= 11 is 0. The van der Waals surface area contributed by atoms with Gasteiger partial charge in [-0.05, 0) is 180 Å². The van der Waals surface area contributed by atoms with Gasteiger partial charge in [0.05, 0.1) is 11.4 Å². The molecule has 1 heteroatoms. The fourth-order valence-electron chi connectivity index (χ4n) is 15.9. The van der Waals surface area contributed by atoms with Crippen molar-refractivity contribution in [2.45, 2.75) is 155 Å². The summed E-state index contributed by atoms with van der Waals surface area (Å²) in [5.41, 5.74) is 23.3. The van der Waals surface area contributed by atoms with Gasteiger partial charge in [0.1, 0.15) is 0 Å². The van der Waals surface area contributed by atoms with Crippen molar-refractivity contribution in [1.82, 2.24) is 0 Å². The van der Waals surface area contributed by atoms with Gasteiger partial charge >= 0.3 is 0 Å². The van der Waals surface area contributed by atoms with E-state index in [4.69, 9.17) is 0 Å². The minimum absolute atomic E-state index is 0.0181. The van der Waals surface area contributed by atoms with Gasteiger partial charge in [-0.25, -0.2) is 0 Å². The zero-order chi connectivity index (χ0) is 56.7. The smallest absolute Gasteiger partial charge is 0.0540 e. The van der Waals surface area contributed by atoms with Crippen LogP contribution in [0.15, 0.2) is 200 Å². The van der Waals surface area contributed by atoms with Crippen LogP contribution in [-0.2, 0) is 10.8 Å². The maximum Gasteiger partial charge on any atom is 0.0540 e. The Hall–Kier alpha value is -7.74. The molecular weight excluding hydrogens is 999 g/mol. The average Bonchev–Trinajstić information content (AvgIpc) is 3.88. The number of fused-ring (bicyclic) bond motifs is 10. The molecule has 13 rings (SSSR count). The minimum atomic E-state index is -0.167. The summed E-state index contributed by atoms with van der Waals surface area (Å²) in [4.78, 5) is 2.61. The predicted molar refractivity (Wildman–Crippen MR) is 360 cm³/mol. The van der Waals surface area contributed by atoms with Crippen LogP contribution in [0.3, 0.4) is 0 Å². The van der Waals surface area contributed by atoms with E-state index in [-0.39, 0.29) is 10.8 Å². The van der Waals surface area contributed by atoms with Crippen molar-refractivity contribution in [3.63, 3.8) is 0 Å². The van der Waals surface area contributed by atoms with Crippen LogP contribution in [0.5, 0.6) is 0 Å². The van der Waals surface area contributed by atoms with Crippen LogP contribution in [-0.4, -0.2) is 0 Å². The standard InChI is InChI=1S/C82H83N/c1-7-11-15-27-52-82(53-28-16-12-8-2)74-54-58(44-46-62(74)63-47-45-59(55-75(63)82)83(76-48-42-56(5)60-30-17-19-32-64(60)76)77-49-43-57(6)61-31-18-20-33-65(61)77)78-66-34-21-23-36-68(66)79(69-37-24-22-35-67(69)78)71-39-29-41-73-80(71)70-38-25-26-40-72(70)81(73,50-13-9-3)51-14-10-4/h17-26,29-49,54-55H,7-16,27-28,50-53H2,1-6H3. The highest BCUT2D eigenvalue weighted by Crippen LogP contribution is 2.60. The molecule has 1 nitrogen and oxygen atoms in total. The van der Waals surface area contributed by atoms with Crippen LogP contribution in [0.25, 0.3) is 87.6 Å². The van der Waals surface area contributed by atoms with Crippen molar-refractivity contribution >= 4 is 60.2 Å². The lowest BCUT2D eigenvalue weighted by molar-refractivity contribution is 0.401. The summed E-state index contributed by atoms with van der Waals surface area (Å²) in [6.45, 7) is 13.9. The Balaban J connectivity index is 1.03. The number of hydrogen-bond donors (Lipinski definition) is 0. The molecule has 0 bridgehead atoms. The van der Waals surface area contributed by atoms with Gasteiger partial charge in [0.2, 0.25) is 0 Å². The molecule has 0 heterocycles. The topological polar surface area (TPSA) is 3.24 Å². The minimum Gasteiger partial charge on any atom is -0.309 e. The highest BCUT2D eigenvalue weighted by Gasteiger charge is 2.45. The van der Waals surface area contributed by atoms with E-state index in [0.29, 0.717) is 0 Å². The van der Waals surface area contributed by atoms with Gasteiger partial charge in [0.15, 0.2) is 0 Å². The third-order valence-corrected chi connectivity index (χ3v) is 19.9. The number of nitrogens with zero attached hydrogens (tertiary/aromatic N) is 1. The largest absolute Gasteiger partial charge is 0.309 e. The lowest BCUT2D eigenvalue weighted by atomic mass is 9.70. The number of hydrogen-bond acceptors (Lipinski definition) is 1. The zero-order valence-electron chi connectivity index (χ0n) is 50.3. The Bertz CT molecular complexity index is 4040. The molecular formula is C82H83N. The third kappa shape index (κ3) is 9.20. The van der Waals surface area contributed by atoms with E-state index >= 15 is 0 Å². The van der Waals surface area contributed by atoms with Crippen molar-refractivity contribution in [2.24, 2.45) is 0 Å². The Morgan fingerprint density at radius 2 is 0.723 bits per heavy atom. The summed E-state index contributed by atoms with van der Waals surface area (Å²) in [7, 11) is 0. The number of unbranched alkanes of at least 4 members (excludes halogenated alkanes) is 8. The first-order chi connectivity index (χ1) is 40.9. The van der Waals surface area contributed by atoms with Crippen LogP contribution >= 0.6 is 0 Å². The van der Waals surface area contributed by atoms with Crippen molar-refractivity contribution in [1.29, 1.82) is 0 Å². The average molecular weight is 1080 g/mol. The number of rotatable bonds is 21. The van der Waals surface area contributed by atoms with E-state index in [0.717, 1.165) is 12.8 Å². The molecule has 0 amide bonds. The second-order valence-electron chi connectivity index (χ2n) is 24.8. The Labute approximate surface area is 495 Å². The molecule has 0 atom stereocenters. The molecule has 0 saturated heterocycles. The van der Waals surface area contributed by atoms with E-state index in [1.807, 2.05) is 0 Å². The van der Waals surface area contributed by atoms with Gasteiger partial charge < -0.3 is 4.90 Å². The van der Waals surface area contributed by atoms with Crippen molar-refractivity contribution in [2.75, 3.05) is 4.90 Å². The second-order valence-corrected chi connectivity index (χ2v) is 24.8. The SMILES string of the molecule is CCCCCCC1(CCCCCC)c2cc(-c3c4ccccc4c(-c4cccc5c4-c4ccccc4C5(CCCC)CCCC)c4ccccc34)ccc2-c2ccc(N(c3ccc(C)c4ccccc34)c3ccc(C)c4ccccc34)cc21. The molecule has 0 aliphatic heterocycles. The van der Waals surface area contributed by atoms with Gasteiger partial charge in [0, 0.05) is 27.3 Å². The van der Waals surface area contributed by atoms with Gasteiger partial charge in [-0.1, -0.05) is 275 Å². The van der Waals surface area contributed by atoms with Gasteiger partial charge in [-0.15, -0.1) is 0 Å². The molecule has 0 aromatic heterocycles. The second kappa shape index (κ2) is 23.1. The molecule has 0 N–H and O–H groups in total. The fraction of sp³-hybridized carbons (Fsp3) is 0.293. The van der Waals surface area contributed by atoms with E-state index in [9.17, 15) is 0 Å². The number of anilines is 3. The summed E-state index contributed by atoms with van der Waals surface area (Å²) in [6.07, 6.45) is 19.4.